The van der Waals surface area contributed by atoms with Gasteiger partial charge in [-0.15, -0.1) is 0 Å². The Balaban J connectivity index is 1.93. The number of likely N-dealkylation sites (N-methyl/N-ethyl adjacent to an activating group) is 1. The molecule has 1 aliphatic rings. The number of sulfonamides is 1. The van der Waals surface area contributed by atoms with Crippen LogP contribution in [0.4, 0.5) is 11.4 Å². The van der Waals surface area contributed by atoms with Gasteiger partial charge in [0.1, 0.15) is 0 Å². The quantitative estimate of drug-likeness (QED) is 0.895. The van der Waals surface area contributed by atoms with E-state index in [9.17, 15) is 13.2 Å². The summed E-state index contributed by atoms with van der Waals surface area (Å²) in [6, 6.07) is 11.8. The Bertz CT molecular complexity index is 944. The third kappa shape index (κ3) is 3.39. The van der Waals surface area contributed by atoms with E-state index in [0.29, 0.717) is 17.1 Å². The van der Waals surface area contributed by atoms with Gasteiger partial charge in [-0.25, -0.2) is 8.42 Å². The van der Waals surface area contributed by atoms with E-state index in [1.54, 1.807) is 37.4 Å². The van der Waals surface area contributed by atoms with Gasteiger partial charge >= 0.3 is 0 Å². The van der Waals surface area contributed by atoms with Gasteiger partial charge in [-0.1, -0.05) is 39.0 Å². The maximum atomic E-state index is 12.7. The third-order valence-corrected chi connectivity index (χ3v) is 5.73. The Morgan fingerprint density at radius 3 is 2.35 bits per heavy atom. The number of amides is 1. The van der Waals surface area contributed by atoms with Crippen LogP contribution in [-0.4, -0.2) is 28.0 Å². The van der Waals surface area contributed by atoms with Crippen LogP contribution in [0.1, 0.15) is 26.3 Å². The van der Waals surface area contributed by atoms with Gasteiger partial charge in [0.05, 0.1) is 16.3 Å². The summed E-state index contributed by atoms with van der Waals surface area (Å²) in [5.41, 5.74) is 1.84. The largest absolute Gasteiger partial charge is 0.479 e. The van der Waals surface area contributed by atoms with Crippen molar-refractivity contribution < 1.29 is 17.9 Å². The number of anilines is 2. The van der Waals surface area contributed by atoms with Crippen molar-refractivity contribution in [2.75, 3.05) is 23.3 Å². The lowest BCUT2D eigenvalue weighted by molar-refractivity contribution is -0.120. The zero-order valence-corrected chi connectivity index (χ0v) is 16.1. The van der Waals surface area contributed by atoms with Gasteiger partial charge < -0.3 is 9.64 Å². The predicted octanol–water partition coefficient (Wildman–Crippen LogP) is 3.14. The highest BCUT2D eigenvalue weighted by Gasteiger charge is 2.26. The van der Waals surface area contributed by atoms with Crippen molar-refractivity contribution in [1.29, 1.82) is 0 Å². The van der Waals surface area contributed by atoms with Crippen molar-refractivity contribution in [3.05, 3.63) is 48.0 Å². The maximum absolute atomic E-state index is 12.7. The van der Waals surface area contributed by atoms with Crippen LogP contribution in [0.25, 0.3) is 0 Å². The Labute approximate surface area is 153 Å². The zero-order chi connectivity index (χ0) is 19.1. The summed E-state index contributed by atoms with van der Waals surface area (Å²) < 4.78 is 33.5. The fourth-order valence-electron chi connectivity index (χ4n) is 2.72. The first-order valence-electron chi connectivity index (χ1n) is 8.25. The van der Waals surface area contributed by atoms with Gasteiger partial charge in [0.15, 0.2) is 12.4 Å². The molecule has 0 unspecified atom stereocenters. The minimum absolute atomic E-state index is 0.0564. The molecule has 1 heterocycles. The summed E-state index contributed by atoms with van der Waals surface area (Å²) in [5, 5.41) is 0. The lowest BCUT2D eigenvalue weighted by Gasteiger charge is -2.27. The number of rotatable bonds is 3. The Morgan fingerprint density at radius 2 is 1.73 bits per heavy atom. The lowest BCUT2D eigenvalue weighted by Crippen LogP contribution is -2.35. The second-order valence-electron chi connectivity index (χ2n) is 7.28. The van der Waals surface area contributed by atoms with Crippen molar-refractivity contribution in [3.63, 3.8) is 0 Å². The number of carbonyl (C=O) groups excluding carboxylic acids is 1. The molecular formula is C19H22N2O4S. The molecule has 0 aliphatic carbocycles. The first-order valence-corrected chi connectivity index (χ1v) is 9.74. The second kappa shape index (κ2) is 6.32. The van der Waals surface area contributed by atoms with Gasteiger partial charge in [0.25, 0.3) is 15.9 Å². The molecule has 0 saturated carbocycles. The fraction of sp³-hybridized carbons (Fsp3) is 0.316. The molecule has 3 rings (SSSR count). The molecule has 0 aromatic heterocycles. The third-order valence-electron chi connectivity index (χ3n) is 4.34. The first kappa shape index (κ1) is 18.3. The number of para-hydroxylation sites is 1. The van der Waals surface area contributed by atoms with E-state index in [1.807, 2.05) is 12.1 Å². The van der Waals surface area contributed by atoms with Crippen molar-refractivity contribution >= 4 is 27.3 Å². The average molecular weight is 374 g/mol. The zero-order valence-electron chi connectivity index (χ0n) is 15.2. The van der Waals surface area contributed by atoms with Crippen LogP contribution in [0.15, 0.2) is 47.4 Å². The highest BCUT2D eigenvalue weighted by atomic mass is 32.2. The number of nitrogens with zero attached hydrogens (tertiary/aromatic N) is 1. The average Bonchev–Trinajstić information content (AvgIpc) is 2.58. The minimum Gasteiger partial charge on any atom is -0.479 e. The lowest BCUT2D eigenvalue weighted by atomic mass is 9.87. The van der Waals surface area contributed by atoms with E-state index in [-0.39, 0.29) is 22.8 Å². The number of hydrogen-bond acceptors (Lipinski definition) is 4. The molecule has 0 radical (unpaired) electrons. The topological polar surface area (TPSA) is 75.7 Å². The standard InChI is InChI=1S/C19H22N2O4S/c1-19(2,3)13-8-10-14(11-9-13)26(23,24)20-15-6-5-7-16-18(15)25-12-17(22)21(16)4/h5-11,20H,12H2,1-4H3. The summed E-state index contributed by atoms with van der Waals surface area (Å²) in [6.45, 7) is 6.09. The number of ether oxygens (including phenoxy) is 1. The van der Waals surface area contributed by atoms with Gasteiger partial charge in [-0.05, 0) is 35.2 Å². The summed E-state index contributed by atoms with van der Waals surface area (Å²) in [4.78, 5) is 13.4. The summed E-state index contributed by atoms with van der Waals surface area (Å²) in [6.07, 6.45) is 0. The van der Waals surface area contributed by atoms with E-state index >= 15 is 0 Å². The van der Waals surface area contributed by atoms with Crippen LogP contribution < -0.4 is 14.4 Å². The van der Waals surface area contributed by atoms with Gasteiger partial charge in [0.2, 0.25) is 0 Å². The highest BCUT2D eigenvalue weighted by Crippen LogP contribution is 2.39. The Morgan fingerprint density at radius 1 is 1.08 bits per heavy atom. The molecule has 0 atom stereocenters. The van der Waals surface area contributed by atoms with Crippen molar-refractivity contribution in [1.82, 2.24) is 0 Å². The Hall–Kier alpha value is -2.54. The number of nitrogens with one attached hydrogen (secondary N) is 1. The summed E-state index contributed by atoms with van der Waals surface area (Å²) >= 11 is 0. The number of carbonyl (C=O) groups is 1. The number of benzene rings is 2. The summed E-state index contributed by atoms with van der Waals surface area (Å²) in [7, 11) is -2.14. The second-order valence-corrected chi connectivity index (χ2v) is 8.96. The fourth-order valence-corrected chi connectivity index (χ4v) is 3.79. The summed E-state index contributed by atoms with van der Waals surface area (Å²) in [5.74, 6) is 0.166. The van der Waals surface area contributed by atoms with Crippen LogP contribution >= 0.6 is 0 Å². The molecule has 138 valence electrons. The minimum atomic E-state index is -3.77. The predicted molar refractivity (Wildman–Crippen MR) is 101 cm³/mol. The van der Waals surface area contributed by atoms with Crippen LogP contribution in [0.3, 0.4) is 0 Å². The van der Waals surface area contributed by atoms with E-state index in [2.05, 4.69) is 25.5 Å². The molecule has 1 aliphatic heterocycles. The number of hydrogen-bond donors (Lipinski definition) is 1. The molecular weight excluding hydrogens is 352 g/mol. The SMILES string of the molecule is CN1C(=O)COc2c(NS(=O)(=O)c3ccc(C(C)(C)C)cc3)cccc21. The van der Waals surface area contributed by atoms with E-state index in [1.165, 1.54) is 4.90 Å². The molecule has 0 spiro atoms. The molecule has 0 bridgehead atoms. The van der Waals surface area contributed by atoms with Crippen LogP contribution in [0.2, 0.25) is 0 Å². The molecule has 1 amide bonds. The molecule has 0 fully saturated rings. The molecule has 1 N–H and O–H groups in total. The molecule has 2 aromatic rings. The van der Waals surface area contributed by atoms with Crippen molar-refractivity contribution in [3.8, 4) is 5.75 Å². The van der Waals surface area contributed by atoms with Gasteiger partial charge in [0, 0.05) is 7.05 Å². The van der Waals surface area contributed by atoms with Gasteiger partial charge in [-0.2, -0.15) is 0 Å². The normalized spacial score (nSPS) is 14.6. The van der Waals surface area contributed by atoms with E-state index < -0.39 is 10.0 Å². The highest BCUT2D eigenvalue weighted by molar-refractivity contribution is 7.92. The molecule has 0 saturated heterocycles. The van der Waals surface area contributed by atoms with Crippen LogP contribution in [-0.2, 0) is 20.2 Å². The first-order chi connectivity index (χ1) is 12.1. The molecule has 2 aromatic carbocycles. The van der Waals surface area contributed by atoms with E-state index in [0.717, 1.165) is 5.56 Å². The molecule has 7 heteroatoms. The van der Waals surface area contributed by atoms with Crippen molar-refractivity contribution in [2.45, 2.75) is 31.1 Å². The van der Waals surface area contributed by atoms with Crippen molar-refractivity contribution in [2.24, 2.45) is 0 Å². The monoisotopic (exact) mass is 374 g/mol. The maximum Gasteiger partial charge on any atom is 0.264 e. The molecule has 26 heavy (non-hydrogen) atoms. The Kier molecular flexibility index (Phi) is 4.44. The van der Waals surface area contributed by atoms with Gasteiger partial charge in [-0.3, -0.25) is 9.52 Å². The van der Waals surface area contributed by atoms with Crippen LogP contribution in [0, 0.1) is 0 Å². The molecule has 6 nitrogen and oxygen atoms in total. The number of fused-ring (bicyclic) bond motifs is 1. The van der Waals surface area contributed by atoms with Crippen LogP contribution in [0.5, 0.6) is 5.75 Å². The van der Waals surface area contributed by atoms with E-state index in [4.69, 9.17) is 4.74 Å². The smallest absolute Gasteiger partial charge is 0.264 e.